The van der Waals surface area contributed by atoms with Gasteiger partial charge < -0.3 is 25.3 Å². The SMILES string of the molecule is CN(C)[C@@H]1CCN(c2cc(N3CCN(c4cccc(Cl)c4Cl)CC3)c(F)cc2/C=N/NC(N)=S)C1. The lowest BCUT2D eigenvalue weighted by atomic mass is 10.1. The van der Waals surface area contributed by atoms with Crippen LogP contribution in [-0.4, -0.2) is 75.6 Å². The van der Waals surface area contributed by atoms with E-state index >= 15 is 4.39 Å². The lowest BCUT2D eigenvalue weighted by molar-refractivity contribution is 0.315. The molecule has 0 spiro atoms. The lowest BCUT2D eigenvalue weighted by Crippen LogP contribution is -2.47. The highest BCUT2D eigenvalue weighted by atomic mass is 35.5. The minimum Gasteiger partial charge on any atom is -0.375 e. The zero-order valence-electron chi connectivity index (χ0n) is 19.8. The van der Waals surface area contributed by atoms with Crippen molar-refractivity contribution < 1.29 is 4.39 Å². The predicted molar refractivity (Wildman–Crippen MR) is 149 cm³/mol. The molecule has 2 fully saturated rings. The molecule has 2 aromatic carbocycles. The van der Waals surface area contributed by atoms with E-state index in [4.69, 9.17) is 41.2 Å². The third-order valence-electron chi connectivity index (χ3n) is 6.60. The maximum absolute atomic E-state index is 15.4. The van der Waals surface area contributed by atoms with Crippen molar-refractivity contribution in [2.24, 2.45) is 10.8 Å². The summed E-state index contributed by atoms with van der Waals surface area (Å²) in [6.07, 6.45) is 2.61. The fourth-order valence-corrected chi connectivity index (χ4v) is 5.13. The number of thiocarbonyl (C=S) groups is 1. The Morgan fingerprint density at radius 3 is 2.40 bits per heavy atom. The number of hydrazone groups is 1. The Kier molecular flexibility index (Phi) is 8.21. The topological polar surface area (TPSA) is 63.4 Å². The molecule has 0 amide bonds. The van der Waals surface area contributed by atoms with Gasteiger partial charge in [0.1, 0.15) is 5.82 Å². The van der Waals surface area contributed by atoms with Crippen molar-refractivity contribution in [2.45, 2.75) is 12.5 Å². The molecule has 7 nitrogen and oxygen atoms in total. The van der Waals surface area contributed by atoms with Crippen LogP contribution >= 0.6 is 35.4 Å². The van der Waals surface area contributed by atoms with Crippen LogP contribution < -0.4 is 25.9 Å². The van der Waals surface area contributed by atoms with Gasteiger partial charge in [-0.05, 0) is 57.0 Å². The van der Waals surface area contributed by atoms with Crippen LogP contribution in [0, 0.1) is 5.82 Å². The quantitative estimate of drug-likeness (QED) is 0.330. The highest BCUT2D eigenvalue weighted by Crippen LogP contribution is 2.35. The molecule has 0 aliphatic carbocycles. The van der Waals surface area contributed by atoms with Gasteiger partial charge in [0.05, 0.1) is 27.6 Å². The van der Waals surface area contributed by atoms with E-state index < -0.39 is 0 Å². The second kappa shape index (κ2) is 11.2. The van der Waals surface area contributed by atoms with Crippen molar-refractivity contribution in [3.63, 3.8) is 0 Å². The molecular formula is C24H30Cl2FN7S. The minimum atomic E-state index is -0.289. The molecule has 4 rings (SSSR count). The van der Waals surface area contributed by atoms with Crippen LogP contribution in [0.15, 0.2) is 35.4 Å². The summed E-state index contributed by atoms with van der Waals surface area (Å²) in [7, 11) is 4.18. The molecule has 11 heteroatoms. The molecule has 2 saturated heterocycles. The third kappa shape index (κ3) is 5.91. The fourth-order valence-electron chi connectivity index (χ4n) is 4.66. The van der Waals surface area contributed by atoms with E-state index in [0.29, 0.717) is 53.5 Å². The number of hydrogen-bond acceptors (Lipinski definition) is 6. The van der Waals surface area contributed by atoms with Crippen LogP contribution in [0.2, 0.25) is 10.0 Å². The van der Waals surface area contributed by atoms with Gasteiger partial charge in [0.25, 0.3) is 0 Å². The first-order valence-electron chi connectivity index (χ1n) is 11.5. The Balaban J connectivity index is 1.57. The summed E-state index contributed by atoms with van der Waals surface area (Å²) in [4.78, 5) is 8.79. The Morgan fingerprint density at radius 2 is 1.77 bits per heavy atom. The van der Waals surface area contributed by atoms with Crippen molar-refractivity contribution in [1.29, 1.82) is 0 Å². The second-order valence-corrected chi connectivity index (χ2v) is 10.2. The normalized spacial score (nSPS) is 18.7. The number of halogens is 3. The summed E-state index contributed by atoms with van der Waals surface area (Å²) in [6.45, 7) is 4.50. The average molecular weight is 539 g/mol. The van der Waals surface area contributed by atoms with Crippen LogP contribution in [0.1, 0.15) is 12.0 Å². The van der Waals surface area contributed by atoms with Gasteiger partial charge >= 0.3 is 0 Å². The molecule has 2 heterocycles. The second-order valence-electron chi connectivity index (χ2n) is 9.00. The van der Waals surface area contributed by atoms with E-state index in [-0.39, 0.29) is 10.9 Å². The summed E-state index contributed by atoms with van der Waals surface area (Å²) in [6, 6.07) is 9.56. The standard InChI is InChI=1S/C24H30Cl2FN7S/c1-31(2)17-6-7-34(15-17)21-13-22(19(27)12-16(21)14-29-30-24(28)35)33-10-8-32(9-11-33)20-5-3-4-18(25)23(20)26/h3-5,12-14,17H,6-11,15H2,1-2H3,(H3,28,30,35)/b29-14+/t17-/m1/s1. The monoisotopic (exact) mass is 537 g/mol. The molecule has 188 valence electrons. The summed E-state index contributed by atoms with van der Waals surface area (Å²) in [5.74, 6) is -0.289. The van der Waals surface area contributed by atoms with Crippen LogP contribution in [0.4, 0.5) is 21.5 Å². The van der Waals surface area contributed by atoms with Crippen molar-refractivity contribution in [3.05, 3.63) is 51.8 Å². The van der Waals surface area contributed by atoms with E-state index in [1.807, 2.05) is 18.2 Å². The predicted octanol–water partition coefficient (Wildman–Crippen LogP) is 3.77. The van der Waals surface area contributed by atoms with Crippen molar-refractivity contribution in [2.75, 3.05) is 68.1 Å². The molecule has 2 aromatic rings. The molecule has 1 atom stereocenters. The molecule has 35 heavy (non-hydrogen) atoms. The summed E-state index contributed by atoms with van der Waals surface area (Å²) < 4.78 is 15.4. The van der Waals surface area contributed by atoms with E-state index in [0.717, 1.165) is 30.9 Å². The molecule has 0 unspecified atom stereocenters. The highest BCUT2D eigenvalue weighted by molar-refractivity contribution is 7.80. The first-order valence-corrected chi connectivity index (χ1v) is 12.7. The smallest absolute Gasteiger partial charge is 0.184 e. The number of rotatable bonds is 6. The van der Waals surface area contributed by atoms with Crippen molar-refractivity contribution in [3.8, 4) is 0 Å². The largest absolute Gasteiger partial charge is 0.375 e. The lowest BCUT2D eigenvalue weighted by Gasteiger charge is -2.38. The molecule has 0 bridgehead atoms. The Morgan fingerprint density at radius 1 is 1.09 bits per heavy atom. The molecule has 0 aromatic heterocycles. The molecule has 2 aliphatic heterocycles. The number of nitrogens with zero attached hydrogens (tertiary/aromatic N) is 5. The molecular weight excluding hydrogens is 508 g/mol. The number of hydrogen-bond donors (Lipinski definition) is 2. The first-order chi connectivity index (χ1) is 16.7. The minimum absolute atomic E-state index is 0.0615. The van der Waals surface area contributed by atoms with Gasteiger partial charge in [0, 0.05) is 56.6 Å². The van der Waals surface area contributed by atoms with Crippen LogP contribution in [0.5, 0.6) is 0 Å². The highest BCUT2D eigenvalue weighted by Gasteiger charge is 2.28. The van der Waals surface area contributed by atoms with Gasteiger partial charge in [0.2, 0.25) is 0 Å². The number of nitrogens with one attached hydrogen (secondary N) is 1. The number of nitrogens with two attached hydrogens (primary N) is 1. The van der Waals surface area contributed by atoms with Gasteiger partial charge in [-0.1, -0.05) is 29.3 Å². The fraction of sp³-hybridized carbons (Fsp3) is 0.417. The average Bonchev–Trinajstić information content (AvgIpc) is 3.32. The van der Waals surface area contributed by atoms with Gasteiger partial charge in [-0.2, -0.15) is 5.10 Å². The molecule has 2 aliphatic rings. The zero-order chi connectivity index (χ0) is 25.1. The maximum atomic E-state index is 15.4. The van der Waals surface area contributed by atoms with Crippen molar-refractivity contribution in [1.82, 2.24) is 10.3 Å². The van der Waals surface area contributed by atoms with E-state index in [1.165, 1.54) is 0 Å². The van der Waals surface area contributed by atoms with Gasteiger partial charge in [-0.25, -0.2) is 4.39 Å². The van der Waals surface area contributed by atoms with Crippen LogP contribution in [0.25, 0.3) is 0 Å². The van der Waals surface area contributed by atoms with Gasteiger partial charge in [-0.15, -0.1) is 0 Å². The number of piperazine rings is 1. The Bertz CT molecular complexity index is 1110. The van der Waals surface area contributed by atoms with Crippen molar-refractivity contribution >= 4 is 63.8 Å². The van der Waals surface area contributed by atoms with E-state index in [2.05, 4.69) is 44.2 Å². The van der Waals surface area contributed by atoms with Crippen LogP contribution in [0.3, 0.4) is 0 Å². The summed E-state index contributed by atoms with van der Waals surface area (Å²) in [5.41, 5.74) is 11.2. The van der Waals surface area contributed by atoms with Crippen LogP contribution in [-0.2, 0) is 0 Å². The molecule has 3 N–H and O–H groups in total. The summed E-state index contributed by atoms with van der Waals surface area (Å²) in [5, 5.41) is 5.23. The number of likely N-dealkylation sites (N-methyl/N-ethyl adjacent to an activating group) is 1. The molecule has 0 radical (unpaired) electrons. The zero-order valence-corrected chi connectivity index (χ0v) is 22.2. The van der Waals surface area contributed by atoms with E-state index in [9.17, 15) is 0 Å². The Hall–Kier alpha value is -2.33. The Labute approximate surface area is 221 Å². The maximum Gasteiger partial charge on any atom is 0.184 e. The van der Waals surface area contributed by atoms with Gasteiger partial charge in [-0.3, -0.25) is 5.43 Å². The summed E-state index contributed by atoms with van der Waals surface area (Å²) >= 11 is 17.4. The third-order valence-corrected chi connectivity index (χ3v) is 7.50. The van der Waals surface area contributed by atoms with Gasteiger partial charge in [0.15, 0.2) is 5.11 Å². The first kappa shape index (κ1) is 25.8. The molecule has 0 saturated carbocycles. The van der Waals surface area contributed by atoms with E-state index in [1.54, 1.807) is 18.3 Å². The number of benzene rings is 2. The number of anilines is 3.